The van der Waals surface area contributed by atoms with Gasteiger partial charge in [0.05, 0.1) is 0 Å². The molecular weight excluding hydrogens is 310 g/mol. The van der Waals surface area contributed by atoms with Crippen LogP contribution in [0, 0.1) is 22.7 Å². The van der Waals surface area contributed by atoms with Crippen LogP contribution in [0.4, 0.5) is 0 Å². The van der Waals surface area contributed by atoms with Crippen LogP contribution in [0.5, 0.6) is 0 Å². The van der Waals surface area contributed by atoms with Gasteiger partial charge in [0.1, 0.15) is 26.8 Å². The summed E-state index contributed by atoms with van der Waals surface area (Å²) in [5.74, 6) is -0.379. The number of rotatable bonds is 1. The number of allylic oxidation sites excluding steroid dienone is 2. The van der Waals surface area contributed by atoms with Gasteiger partial charge in [0.15, 0.2) is 5.70 Å². The van der Waals surface area contributed by atoms with Crippen LogP contribution in [-0.2, 0) is 4.79 Å². The number of amides is 1. The Morgan fingerprint density at radius 1 is 1.12 bits per heavy atom. The monoisotopic (exact) mass is 314 g/mol. The maximum absolute atomic E-state index is 10.3. The van der Waals surface area contributed by atoms with Crippen LogP contribution < -0.4 is 11.1 Å². The zero-order valence-corrected chi connectivity index (χ0v) is 11.4. The van der Waals surface area contributed by atoms with Gasteiger partial charge in [0.2, 0.25) is 5.91 Å². The molecule has 0 spiro atoms. The number of nitriles is 2. The molecule has 0 aromatic heterocycles. The fourth-order valence-electron chi connectivity index (χ4n) is 0.336. The molecule has 9 heteroatoms. The van der Waals surface area contributed by atoms with Gasteiger partial charge >= 0.3 is 0 Å². The molecule has 0 rings (SSSR count). The van der Waals surface area contributed by atoms with Crippen molar-refractivity contribution < 1.29 is 4.79 Å². The summed E-state index contributed by atoms with van der Waals surface area (Å²) in [6.45, 7) is 1.26. The van der Waals surface area contributed by atoms with Gasteiger partial charge in [-0.05, 0) is 0 Å². The Balaban J connectivity index is 0. The molecule has 92 valence electrons. The van der Waals surface area contributed by atoms with E-state index in [1.54, 1.807) is 12.1 Å². The van der Waals surface area contributed by atoms with Gasteiger partial charge in [-0.3, -0.25) is 4.79 Å². The summed E-state index contributed by atoms with van der Waals surface area (Å²) in [5, 5.41) is 18.3. The average Bonchev–Trinajstić information content (AvgIpc) is 2.24. The quantitative estimate of drug-likeness (QED) is 0.725. The van der Waals surface area contributed by atoms with Crippen molar-refractivity contribution in [2.75, 3.05) is 0 Å². The largest absolute Gasteiger partial charge is 0.388 e. The van der Waals surface area contributed by atoms with Crippen molar-refractivity contribution in [3.8, 4) is 12.1 Å². The summed E-state index contributed by atoms with van der Waals surface area (Å²) in [6.07, 6.45) is 0. The molecule has 0 aromatic carbocycles. The highest BCUT2D eigenvalue weighted by atomic mass is 35.5. The van der Waals surface area contributed by atoms with Gasteiger partial charge in [-0.25, -0.2) is 0 Å². The third kappa shape index (κ3) is 11.2. The van der Waals surface area contributed by atoms with E-state index in [0.717, 1.165) is 0 Å². The minimum absolute atomic E-state index is 0.129. The van der Waals surface area contributed by atoms with Gasteiger partial charge in [-0.1, -0.05) is 46.4 Å². The molecule has 0 fully saturated rings. The standard InChI is InChI=1S/C5H4Cl2N2O.C3H2Cl2N2/c1-3(10)9-4(2-8)5(6)7;4-3(5)2(7)1-6/h1H3,(H,9,10);7H2. The van der Waals surface area contributed by atoms with Crippen molar-refractivity contribution in [3.63, 3.8) is 0 Å². The molecule has 0 saturated heterocycles. The molecule has 0 unspecified atom stereocenters. The highest BCUT2D eigenvalue weighted by Gasteiger charge is 2.01. The van der Waals surface area contributed by atoms with E-state index >= 15 is 0 Å². The summed E-state index contributed by atoms with van der Waals surface area (Å²) in [5.41, 5.74) is 4.59. The van der Waals surface area contributed by atoms with Crippen LogP contribution in [0.3, 0.4) is 0 Å². The van der Waals surface area contributed by atoms with Crippen molar-refractivity contribution in [2.45, 2.75) is 6.92 Å². The zero-order chi connectivity index (χ0) is 14.0. The van der Waals surface area contributed by atoms with Crippen LogP contribution in [0.2, 0.25) is 0 Å². The first-order valence-electron chi connectivity index (χ1n) is 3.70. The van der Waals surface area contributed by atoms with E-state index < -0.39 is 0 Å². The van der Waals surface area contributed by atoms with Gasteiger partial charge in [-0.15, -0.1) is 0 Å². The summed E-state index contributed by atoms with van der Waals surface area (Å²) < 4.78 is -0.416. The molecule has 0 aromatic rings. The first-order valence-corrected chi connectivity index (χ1v) is 5.21. The fraction of sp³-hybridized carbons (Fsp3) is 0.125. The van der Waals surface area contributed by atoms with Gasteiger partial charge in [0.25, 0.3) is 0 Å². The minimum Gasteiger partial charge on any atom is -0.388 e. The number of nitrogens with two attached hydrogens (primary N) is 1. The Labute approximate surface area is 118 Å². The summed E-state index contributed by atoms with van der Waals surface area (Å²) in [6, 6.07) is 3.17. The van der Waals surface area contributed by atoms with Crippen LogP contribution in [0.25, 0.3) is 0 Å². The highest BCUT2D eigenvalue weighted by molar-refractivity contribution is 6.56. The zero-order valence-electron chi connectivity index (χ0n) is 8.39. The van der Waals surface area contributed by atoms with E-state index in [9.17, 15) is 4.79 Å². The lowest BCUT2D eigenvalue weighted by molar-refractivity contribution is -0.118. The molecule has 17 heavy (non-hydrogen) atoms. The van der Waals surface area contributed by atoms with E-state index in [1.165, 1.54) is 6.92 Å². The second-order valence-corrected chi connectivity index (χ2v) is 4.11. The predicted molar refractivity (Wildman–Crippen MR) is 66.7 cm³/mol. The Kier molecular flexibility index (Phi) is 10.8. The Hall–Kier alpha value is -1.11. The number of hydrogen-bond donors (Lipinski definition) is 2. The molecule has 0 heterocycles. The van der Waals surface area contributed by atoms with Crippen molar-refractivity contribution in [1.82, 2.24) is 5.32 Å². The molecule has 0 radical (unpaired) electrons. The second kappa shape index (κ2) is 10.1. The molecule has 0 saturated carbocycles. The van der Waals surface area contributed by atoms with Crippen LogP contribution >= 0.6 is 46.4 Å². The summed E-state index contributed by atoms with van der Waals surface area (Å²) in [4.78, 5) is 10.3. The Morgan fingerprint density at radius 3 is 1.65 bits per heavy atom. The maximum Gasteiger partial charge on any atom is 0.221 e. The number of hydrogen-bond acceptors (Lipinski definition) is 4. The predicted octanol–water partition coefficient (Wildman–Crippen LogP) is 2.41. The van der Waals surface area contributed by atoms with Gasteiger partial charge in [0, 0.05) is 6.92 Å². The van der Waals surface area contributed by atoms with Crippen molar-refractivity contribution in [2.24, 2.45) is 5.73 Å². The number of nitrogens with zero attached hydrogens (tertiary/aromatic N) is 2. The van der Waals surface area contributed by atoms with Gasteiger partial charge in [-0.2, -0.15) is 10.5 Å². The van der Waals surface area contributed by atoms with Crippen molar-refractivity contribution in [1.29, 1.82) is 10.5 Å². The van der Waals surface area contributed by atoms with Crippen LogP contribution in [0.1, 0.15) is 6.92 Å². The Bertz CT molecular complexity index is 422. The molecular formula is C8H6Cl4N4O. The summed E-state index contributed by atoms with van der Waals surface area (Å²) in [7, 11) is 0. The van der Waals surface area contributed by atoms with Crippen LogP contribution in [0.15, 0.2) is 20.4 Å². The van der Waals surface area contributed by atoms with Gasteiger partial charge < -0.3 is 11.1 Å². The number of halogens is 4. The van der Waals surface area contributed by atoms with E-state index in [0.29, 0.717) is 0 Å². The van der Waals surface area contributed by atoms with Crippen LogP contribution in [-0.4, -0.2) is 5.91 Å². The van der Waals surface area contributed by atoms with E-state index in [4.69, 9.17) is 62.7 Å². The molecule has 0 bridgehead atoms. The third-order valence-electron chi connectivity index (χ3n) is 0.926. The Morgan fingerprint density at radius 2 is 1.59 bits per heavy atom. The topological polar surface area (TPSA) is 103 Å². The SMILES string of the molecule is CC(=O)NC(C#N)=C(Cl)Cl.N#CC(N)=C(Cl)Cl. The van der Waals surface area contributed by atoms with E-state index in [2.05, 4.69) is 5.32 Å². The van der Waals surface area contributed by atoms with E-state index in [-0.39, 0.29) is 26.3 Å². The lowest BCUT2D eigenvalue weighted by atomic mass is 10.5. The molecule has 0 aliphatic carbocycles. The minimum atomic E-state index is -0.379. The first kappa shape index (κ1) is 18.3. The van der Waals surface area contributed by atoms with E-state index in [1.807, 2.05) is 0 Å². The third-order valence-corrected chi connectivity index (χ3v) is 1.71. The summed E-state index contributed by atoms with van der Waals surface area (Å²) >= 11 is 20.4. The molecule has 0 aliphatic heterocycles. The molecule has 5 nitrogen and oxygen atoms in total. The number of carbonyl (C=O) groups is 1. The highest BCUT2D eigenvalue weighted by Crippen LogP contribution is 2.10. The lowest BCUT2D eigenvalue weighted by Crippen LogP contribution is -2.18. The molecule has 1 amide bonds. The average molecular weight is 316 g/mol. The second-order valence-electron chi connectivity index (χ2n) is 2.21. The lowest BCUT2D eigenvalue weighted by Gasteiger charge is -1.96. The first-order chi connectivity index (χ1) is 7.76. The maximum atomic E-state index is 10.3. The van der Waals surface area contributed by atoms with Crippen molar-refractivity contribution in [3.05, 3.63) is 20.4 Å². The normalized spacial score (nSPS) is 7.47. The number of nitrogens with one attached hydrogen (secondary N) is 1. The fourth-order valence-corrected chi connectivity index (χ4v) is 0.599. The number of carbonyl (C=O) groups excluding carboxylic acids is 1. The molecule has 3 N–H and O–H groups in total. The molecule has 0 atom stereocenters. The molecule has 0 aliphatic rings. The van der Waals surface area contributed by atoms with Crippen molar-refractivity contribution >= 4 is 52.3 Å². The smallest absolute Gasteiger partial charge is 0.221 e.